The molecule has 0 amide bonds. The molecule has 0 N–H and O–H groups in total. The van der Waals surface area contributed by atoms with Crippen LogP contribution in [0.2, 0.25) is 0 Å². The second kappa shape index (κ2) is 4.91. The highest BCUT2D eigenvalue weighted by atomic mass is 15.4. The van der Waals surface area contributed by atoms with Crippen LogP contribution < -0.4 is 4.90 Å². The Balaban J connectivity index is 1.40. The van der Waals surface area contributed by atoms with Crippen molar-refractivity contribution in [2.45, 2.75) is 44.1 Å². The van der Waals surface area contributed by atoms with Gasteiger partial charge in [0.2, 0.25) is 0 Å². The first-order valence-corrected chi connectivity index (χ1v) is 8.60. The lowest BCUT2D eigenvalue weighted by atomic mass is 10.2. The fraction of sp³-hybridized carbons (Fsp3) is 0.688. The van der Waals surface area contributed by atoms with E-state index in [2.05, 4.69) is 32.1 Å². The molecular weight excluding hydrogens is 276 g/mol. The monoisotopic (exact) mass is 298 g/mol. The number of hydrogen-bond donors (Lipinski definition) is 0. The maximum Gasteiger partial charge on any atom is 0.178 e. The summed E-state index contributed by atoms with van der Waals surface area (Å²) in [5, 5.41) is 13.4. The Morgan fingerprint density at radius 3 is 2.64 bits per heavy atom. The van der Waals surface area contributed by atoms with Gasteiger partial charge in [0.1, 0.15) is 5.82 Å². The van der Waals surface area contributed by atoms with Gasteiger partial charge in [0, 0.05) is 25.0 Å². The van der Waals surface area contributed by atoms with Crippen molar-refractivity contribution in [3.63, 3.8) is 0 Å². The van der Waals surface area contributed by atoms with Gasteiger partial charge in [-0.3, -0.25) is 4.90 Å². The number of hydrogen-bond acceptors (Lipinski definition) is 5. The maximum absolute atomic E-state index is 4.84. The minimum absolute atomic E-state index is 0.577. The van der Waals surface area contributed by atoms with Gasteiger partial charge in [0.05, 0.1) is 0 Å². The first kappa shape index (κ1) is 12.8. The van der Waals surface area contributed by atoms with Crippen LogP contribution in [0.5, 0.6) is 0 Å². The van der Waals surface area contributed by atoms with Crippen molar-refractivity contribution in [2.24, 2.45) is 0 Å². The van der Waals surface area contributed by atoms with Gasteiger partial charge in [-0.1, -0.05) is 0 Å². The molecule has 5 rings (SSSR count). The van der Waals surface area contributed by atoms with Crippen molar-refractivity contribution in [3.05, 3.63) is 18.0 Å². The molecule has 1 atom stereocenters. The molecule has 6 heteroatoms. The second-order valence-corrected chi connectivity index (χ2v) is 6.93. The second-order valence-electron chi connectivity index (χ2n) is 6.93. The number of anilines is 1. The van der Waals surface area contributed by atoms with E-state index in [-0.39, 0.29) is 0 Å². The first-order chi connectivity index (χ1) is 10.9. The first-order valence-electron chi connectivity index (χ1n) is 8.60. The molecule has 0 aromatic carbocycles. The van der Waals surface area contributed by atoms with Gasteiger partial charge in [-0.2, -0.15) is 4.52 Å². The summed E-state index contributed by atoms with van der Waals surface area (Å²) in [6.07, 6.45) is 6.45. The molecule has 4 heterocycles. The SMILES string of the molecule is c1cc2nnc(C3CC3)n2nc1N1CCC(N2CCCC2)C1. The summed E-state index contributed by atoms with van der Waals surface area (Å²) in [7, 11) is 0. The van der Waals surface area contributed by atoms with E-state index in [0.29, 0.717) is 12.0 Å². The number of fused-ring (bicyclic) bond motifs is 1. The Bertz CT molecular complexity index is 685. The van der Waals surface area contributed by atoms with Crippen LogP contribution in [0.1, 0.15) is 43.8 Å². The summed E-state index contributed by atoms with van der Waals surface area (Å²) in [6, 6.07) is 4.88. The zero-order valence-corrected chi connectivity index (χ0v) is 12.9. The Morgan fingerprint density at radius 2 is 1.82 bits per heavy atom. The predicted molar refractivity (Wildman–Crippen MR) is 84.2 cm³/mol. The van der Waals surface area contributed by atoms with Crippen molar-refractivity contribution in [3.8, 4) is 0 Å². The molecule has 0 bridgehead atoms. The zero-order chi connectivity index (χ0) is 14.5. The van der Waals surface area contributed by atoms with Crippen LogP contribution in [-0.2, 0) is 0 Å². The highest BCUT2D eigenvalue weighted by Gasteiger charge is 2.31. The molecule has 1 saturated carbocycles. The minimum Gasteiger partial charge on any atom is -0.354 e. The molecule has 6 nitrogen and oxygen atoms in total. The topological polar surface area (TPSA) is 49.6 Å². The molecular formula is C16H22N6. The largest absolute Gasteiger partial charge is 0.354 e. The number of likely N-dealkylation sites (tertiary alicyclic amines) is 1. The summed E-state index contributed by atoms with van der Waals surface area (Å²) in [5.74, 6) is 2.71. The highest BCUT2D eigenvalue weighted by Crippen LogP contribution is 2.38. The van der Waals surface area contributed by atoms with Crippen LogP contribution in [0, 0.1) is 0 Å². The summed E-state index contributed by atoms with van der Waals surface area (Å²) in [6.45, 7) is 4.78. The normalized spacial score (nSPS) is 26.4. The van der Waals surface area contributed by atoms with Crippen LogP contribution in [-0.4, -0.2) is 56.9 Å². The lowest BCUT2D eigenvalue weighted by molar-refractivity contribution is 0.260. The van der Waals surface area contributed by atoms with Crippen LogP contribution in [0.4, 0.5) is 5.82 Å². The van der Waals surface area contributed by atoms with Crippen molar-refractivity contribution in [1.29, 1.82) is 0 Å². The molecule has 2 aliphatic heterocycles. The minimum atomic E-state index is 0.577. The number of aromatic nitrogens is 4. The molecule has 2 aromatic rings. The van der Waals surface area contributed by atoms with E-state index < -0.39 is 0 Å². The van der Waals surface area contributed by atoms with Gasteiger partial charge >= 0.3 is 0 Å². The van der Waals surface area contributed by atoms with E-state index in [4.69, 9.17) is 5.10 Å². The lowest BCUT2D eigenvalue weighted by Crippen LogP contribution is -2.35. The summed E-state index contributed by atoms with van der Waals surface area (Å²) < 4.78 is 1.97. The van der Waals surface area contributed by atoms with Gasteiger partial charge in [0.15, 0.2) is 11.5 Å². The molecule has 2 aromatic heterocycles. The quantitative estimate of drug-likeness (QED) is 0.863. The summed E-state index contributed by atoms with van der Waals surface area (Å²) in [5.41, 5.74) is 0.876. The molecule has 3 fully saturated rings. The molecule has 3 aliphatic rings. The Morgan fingerprint density at radius 1 is 0.955 bits per heavy atom. The van der Waals surface area contributed by atoms with Crippen molar-refractivity contribution in [1.82, 2.24) is 24.7 Å². The predicted octanol–water partition coefficient (Wildman–Crippen LogP) is 1.68. The van der Waals surface area contributed by atoms with Crippen LogP contribution in [0.15, 0.2) is 12.1 Å². The van der Waals surface area contributed by atoms with E-state index in [9.17, 15) is 0 Å². The van der Waals surface area contributed by atoms with E-state index in [0.717, 1.165) is 30.4 Å². The van der Waals surface area contributed by atoms with Gasteiger partial charge in [-0.05, 0) is 57.3 Å². The third-order valence-corrected chi connectivity index (χ3v) is 5.36. The van der Waals surface area contributed by atoms with Crippen LogP contribution in [0.25, 0.3) is 5.65 Å². The van der Waals surface area contributed by atoms with E-state index in [1.165, 1.54) is 45.2 Å². The Hall–Kier alpha value is -1.69. The van der Waals surface area contributed by atoms with E-state index >= 15 is 0 Å². The molecule has 116 valence electrons. The van der Waals surface area contributed by atoms with Crippen LogP contribution >= 0.6 is 0 Å². The molecule has 22 heavy (non-hydrogen) atoms. The molecule has 1 unspecified atom stereocenters. The number of nitrogens with zero attached hydrogens (tertiary/aromatic N) is 6. The van der Waals surface area contributed by atoms with Gasteiger partial charge in [-0.15, -0.1) is 15.3 Å². The summed E-state index contributed by atoms with van der Waals surface area (Å²) >= 11 is 0. The fourth-order valence-corrected chi connectivity index (χ4v) is 3.92. The Labute approximate surface area is 130 Å². The van der Waals surface area contributed by atoms with Crippen LogP contribution in [0.3, 0.4) is 0 Å². The van der Waals surface area contributed by atoms with E-state index in [1.807, 2.05) is 4.52 Å². The number of rotatable bonds is 3. The Kier molecular flexibility index (Phi) is 2.86. The van der Waals surface area contributed by atoms with E-state index in [1.54, 1.807) is 0 Å². The van der Waals surface area contributed by atoms with Gasteiger partial charge < -0.3 is 4.90 Å². The van der Waals surface area contributed by atoms with Crippen molar-refractivity contribution in [2.75, 3.05) is 31.1 Å². The zero-order valence-electron chi connectivity index (χ0n) is 12.9. The fourth-order valence-electron chi connectivity index (χ4n) is 3.92. The molecule has 0 spiro atoms. The third kappa shape index (κ3) is 2.08. The highest BCUT2D eigenvalue weighted by molar-refractivity contribution is 5.47. The smallest absolute Gasteiger partial charge is 0.178 e. The van der Waals surface area contributed by atoms with Gasteiger partial charge in [0.25, 0.3) is 0 Å². The van der Waals surface area contributed by atoms with Gasteiger partial charge in [-0.25, -0.2) is 0 Å². The van der Waals surface area contributed by atoms with Crippen molar-refractivity contribution < 1.29 is 0 Å². The third-order valence-electron chi connectivity index (χ3n) is 5.36. The molecule has 2 saturated heterocycles. The van der Waals surface area contributed by atoms with Crippen molar-refractivity contribution >= 4 is 11.5 Å². The summed E-state index contributed by atoms with van der Waals surface area (Å²) in [4.78, 5) is 5.09. The average molecular weight is 298 g/mol. The standard InChI is InChI=1S/C16H22N6/c1-2-9-20(8-1)13-7-10-21(11-13)15-6-5-14-17-18-16(12-3-4-12)22(14)19-15/h5-6,12-13H,1-4,7-11H2. The molecule has 0 radical (unpaired) electrons. The molecule has 1 aliphatic carbocycles. The lowest BCUT2D eigenvalue weighted by Gasteiger charge is -2.24. The maximum atomic E-state index is 4.84. The average Bonchev–Trinajstić information content (AvgIpc) is 3.02.